The predicted octanol–water partition coefficient (Wildman–Crippen LogP) is 1.44. The van der Waals surface area contributed by atoms with E-state index < -0.39 is 0 Å². The van der Waals surface area contributed by atoms with Gasteiger partial charge in [0.05, 0.1) is 0 Å². The minimum Gasteiger partial charge on any atom is -0.367 e. The van der Waals surface area contributed by atoms with Crippen molar-refractivity contribution in [3.63, 3.8) is 0 Å². The summed E-state index contributed by atoms with van der Waals surface area (Å²) in [5, 5.41) is 3.45. The minimum absolute atomic E-state index is 0.00663. The third-order valence-electron chi connectivity index (χ3n) is 4.19. The average Bonchev–Trinajstić information content (AvgIpc) is 2.56. The maximum Gasteiger partial charge on any atom is 0.293 e. The minimum atomic E-state index is -0.00663. The largest absolute Gasteiger partial charge is 0.367 e. The van der Waals surface area contributed by atoms with Gasteiger partial charge in [-0.2, -0.15) is 0 Å². The molecular weight excluding hydrogens is 292 g/mol. The number of aryl methyl sites for hydroxylation is 2. The molecule has 1 aliphatic rings. The number of piperidine rings is 1. The summed E-state index contributed by atoms with van der Waals surface area (Å²) in [6.45, 7) is 6.22. The Labute approximate surface area is 135 Å². The molecule has 0 aromatic carbocycles. The van der Waals surface area contributed by atoms with Gasteiger partial charge in [0.15, 0.2) is 5.82 Å². The number of rotatable bonds is 4. The van der Waals surface area contributed by atoms with Gasteiger partial charge in [0, 0.05) is 49.8 Å². The highest BCUT2D eigenvalue weighted by atomic mass is 16.1. The molecule has 0 spiro atoms. The van der Waals surface area contributed by atoms with Gasteiger partial charge in [-0.25, -0.2) is 15.0 Å². The Morgan fingerprint density at radius 1 is 1.26 bits per heavy atom. The van der Waals surface area contributed by atoms with Gasteiger partial charge in [-0.15, -0.1) is 0 Å². The van der Waals surface area contributed by atoms with Gasteiger partial charge in [0.25, 0.3) is 5.56 Å². The van der Waals surface area contributed by atoms with Crippen molar-refractivity contribution in [1.82, 2.24) is 19.5 Å². The van der Waals surface area contributed by atoms with Crippen molar-refractivity contribution in [2.24, 2.45) is 0 Å². The first-order valence-electron chi connectivity index (χ1n) is 8.03. The van der Waals surface area contributed by atoms with Gasteiger partial charge in [0.2, 0.25) is 0 Å². The first-order valence-corrected chi connectivity index (χ1v) is 8.03. The van der Waals surface area contributed by atoms with Crippen LogP contribution in [-0.2, 0) is 6.54 Å². The van der Waals surface area contributed by atoms with Crippen LogP contribution in [0.4, 0.5) is 11.6 Å². The van der Waals surface area contributed by atoms with Gasteiger partial charge in [0.1, 0.15) is 12.1 Å². The topological polar surface area (TPSA) is 75.9 Å². The zero-order valence-corrected chi connectivity index (χ0v) is 13.6. The lowest BCUT2D eigenvalue weighted by Crippen LogP contribution is -2.42. The summed E-state index contributed by atoms with van der Waals surface area (Å²) >= 11 is 0. The number of aromatic nitrogens is 4. The molecule has 2 aromatic rings. The maximum absolute atomic E-state index is 12.3. The Morgan fingerprint density at radius 3 is 2.74 bits per heavy atom. The van der Waals surface area contributed by atoms with Gasteiger partial charge in [-0.3, -0.25) is 4.79 Å². The summed E-state index contributed by atoms with van der Waals surface area (Å²) < 4.78 is 1.69. The Kier molecular flexibility index (Phi) is 4.55. The van der Waals surface area contributed by atoms with Crippen LogP contribution in [0, 0.1) is 6.92 Å². The third kappa shape index (κ3) is 3.49. The molecule has 1 aliphatic heterocycles. The SMILES string of the molecule is CCn1ccnc(N2CCC(Nc3cc(C)ncn3)CC2)c1=O. The van der Waals surface area contributed by atoms with E-state index in [-0.39, 0.29) is 5.56 Å². The molecule has 7 nitrogen and oxygen atoms in total. The first kappa shape index (κ1) is 15.5. The fourth-order valence-electron chi connectivity index (χ4n) is 2.88. The van der Waals surface area contributed by atoms with Crippen LogP contribution in [-0.4, -0.2) is 38.7 Å². The van der Waals surface area contributed by atoms with Crippen LogP contribution in [0.1, 0.15) is 25.5 Å². The monoisotopic (exact) mass is 314 g/mol. The van der Waals surface area contributed by atoms with Gasteiger partial charge >= 0.3 is 0 Å². The molecule has 0 aliphatic carbocycles. The van der Waals surface area contributed by atoms with Crippen molar-refractivity contribution in [2.45, 2.75) is 39.3 Å². The molecule has 0 saturated carbocycles. The van der Waals surface area contributed by atoms with Crippen molar-refractivity contribution in [3.8, 4) is 0 Å². The molecule has 1 fully saturated rings. The van der Waals surface area contributed by atoms with Crippen LogP contribution in [0.5, 0.6) is 0 Å². The number of anilines is 2. The van der Waals surface area contributed by atoms with Crippen LogP contribution in [0.2, 0.25) is 0 Å². The fraction of sp³-hybridized carbons (Fsp3) is 0.500. The van der Waals surface area contributed by atoms with Crippen molar-refractivity contribution in [3.05, 3.63) is 40.8 Å². The molecule has 3 rings (SSSR count). The molecule has 0 unspecified atom stereocenters. The third-order valence-corrected chi connectivity index (χ3v) is 4.19. The molecule has 122 valence electrons. The van der Waals surface area contributed by atoms with E-state index in [0.717, 1.165) is 37.4 Å². The summed E-state index contributed by atoms with van der Waals surface area (Å²) in [5.41, 5.74) is 0.946. The number of hydrogen-bond donors (Lipinski definition) is 1. The highest BCUT2D eigenvalue weighted by molar-refractivity contribution is 5.39. The number of hydrogen-bond acceptors (Lipinski definition) is 6. The molecule has 1 N–H and O–H groups in total. The Balaban J connectivity index is 1.64. The number of nitrogens with one attached hydrogen (secondary N) is 1. The van der Waals surface area contributed by atoms with Crippen LogP contribution < -0.4 is 15.8 Å². The second-order valence-electron chi connectivity index (χ2n) is 5.79. The zero-order valence-electron chi connectivity index (χ0n) is 13.6. The first-order chi connectivity index (χ1) is 11.2. The molecule has 0 radical (unpaired) electrons. The van der Waals surface area contributed by atoms with Crippen molar-refractivity contribution in [1.29, 1.82) is 0 Å². The molecule has 0 atom stereocenters. The van der Waals surface area contributed by atoms with Crippen LogP contribution in [0.15, 0.2) is 29.6 Å². The van der Waals surface area contributed by atoms with Crippen molar-refractivity contribution < 1.29 is 0 Å². The summed E-state index contributed by atoms with van der Waals surface area (Å²) in [5.74, 6) is 1.42. The Morgan fingerprint density at radius 2 is 2.04 bits per heavy atom. The lowest BCUT2D eigenvalue weighted by atomic mass is 10.1. The van der Waals surface area contributed by atoms with Gasteiger partial charge in [-0.1, -0.05) is 0 Å². The zero-order chi connectivity index (χ0) is 16.2. The van der Waals surface area contributed by atoms with E-state index >= 15 is 0 Å². The highest BCUT2D eigenvalue weighted by Gasteiger charge is 2.22. The second-order valence-corrected chi connectivity index (χ2v) is 5.79. The smallest absolute Gasteiger partial charge is 0.293 e. The van der Waals surface area contributed by atoms with E-state index in [9.17, 15) is 4.79 Å². The maximum atomic E-state index is 12.3. The van der Waals surface area contributed by atoms with E-state index in [1.807, 2.05) is 19.9 Å². The summed E-state index contributed by atoms with van der Waals surface area (Å²) in [7, 11) is 0. The molecule has 7 heteroatoms. The lowest BCUT2D eigenvalue weighted by molar-refractivity contribution is 0.518. The second kappa shape index (κ2) is 6.76. The van der Waals surface area contributed by atoms with Crippen LogP contribution >= 0.6 is 0 Å². The van der Waals surface area contributed by atoms with Crippen molar-refractivity contribution in [2.75, 3.05) is 23.3 Å². The molecule has 3 heterocycles. The van der Waals surface area contributed by atoms with Crippen LogP contribution in [0.25, 0.3) is 0 Å². The summed E-state index contributed by atoms with van der Waals surface area (Å²) in [4.78, 5) is 27.1. The van der Waals surface area contributed by atoms with E-state index in [4.69, 9.17) is 0 Å². The van der Waals surface area contributed by atoms with E-state index in [1.165, 1.54) is 0 Å². The molecule has 2 aromatic heterocycles. The van der Waals surface area contributed by atoms with E-state index in [2.05, 4.69) is 25.2 Å². The molecule has 23 heavy (non-hydrogen) atoms. The highest BCUT2D eigenvalue weighted by Crippen LogP contribution is 2.17. The molecular formula is C16H22N6O. The normalized spacial score (nSPS) is 15.7. The van der Waals surface area contributed by atoms with Gasteiger partial charge < -0.3 is 14.8 Å². The molecule has 0 bridgehead atoms. The predicted molar refractivity (Wildman–Crippen MR) is 89.8 cm³/mol. The molecule has 1 saturated heterocycles. The van der Waals surface area contributed by atoms with E-state index in [1.54, 1.807) is 23.3 Å². The fourth-order valence-corrected chi connectivity index (χ4v) is 2.88. The number of nitrogens with zero attached hydrogens (tertiary/aromatic N) is 5. The van der Waals surface area contributed by atoms with E-state index in [0.29, 0.717) is 18.4 Å². The van der Waals surface area contributed by atoms with Gasteiger partial charge in [-0.05, 0) is 26.7 Å². The molecule has 0 amide bonds. The standard InChI is InChI=1S/C16H22N6O/c1-3-21-9-6-17-15(16(21)23)22-7-4-13(5-8-22)20-14-10-12(2)18-11-19-14/h6,9-11,13H,3-5,7-8H2,1-2H3,(H,18,19,20). The average molecular weight is 314 g/mol. The van der Waals surface area contributed by atoms with Crippen molar-refractivity contribution >= 4 is 11.6 Å². The summed E-state index contributed by atoms with van der Waals surface area (Å²) in [6.07, 6.45) is 6.91. The van der Waals surface area contributed by atoms with Crippen LogP contribution in [0.3, 0.4) is 0 Å². The Bertz CT molecular complexity index is 721. The lowest BCUT2D eigenvalue weighted by Gasteiger charge is -2.33. The quantitative estimate of drug-likeness (QED) is 0.920. The summed E-state index contributed by atoms with van der Waals surface area (Å²) in [6, 6.07) is 2.31. The Hall–Kier alpha value is -2.44.